The van der Waals surface area contributed by atoms with Gasteiger partial charge in [0.05, 0.1) is 35.0 Å². The van der Waals surface area contributed by atoms with Crippen molar-refractivity contribution in [3.8, 4) is 34.5 Å². The van der Waals surface area contributed by atoms with Gasteiger partial charge in [0, 0.05) is 5.56 Å². The van der Waals surface area contributed by atoms with E-state index in [1.54, 1.807) is 38.5 Å². The lowest BCUT2D eigenvalue weighted by atomic mass is 10.0. The van der Waals surface area contributed by atoms with Crippen LogP contribution >= 0.6 is 0 Å². The molecule has 39 heavy (non-hydrogen) atoms. The first kappa shape index (κ1) is 28.1. The second kappa shape index (κ2) is 12.3. The molecule has 0 spiro atoms. The van der Waals surface area contributed by atoms with Gasteiger partial charge < -0.3 is 37.9 Å². The second-order valence-corrected chi connectivity index (χ2v) is 9.25. The van der Waals surface area contributed by atoms with Crippen LogP contribution in [0.15, 0.2) is 60.7 Å². The van der Waals surface area contributed by atoms with E-state index in [9.17, 15) is 4.79 Å². The fourth-order valence-electron chi connectivity index (χ4n) is 4.26. The summed E-state index contributed by atoms with van der Waals surface area (Å²) in [7, 11) is 6.19. The SMILES string of the molecule is COc1ccc(C(=O)COc2ccc([C@@H]3OC(C)(C)OC[C@H]3Oc3ccccc3OC)cc2OC)cc1OC. The third kappa shape index (κ3) is 6.55. The van der Waals surface area contributed by atoms with Gasteiger partial charge in [-0.25, -0.2) is 0 Å². The van der Waals surface area contributed by atoms with E-state index in [0.29, 0.717) is 46.7 Å². The van der Waals surface area contributed by atoms with Gasteiger partial charge >= 0.3 is 0 Å². The highest BCUT2D eigenvalue weighted by atomic mass is 16.7. The highest BCUT2D eigenvalue weighted by Gasteiger charge is 2.39. The van der Waals surface area contributed by atoms with Crippen molar-refractivity contribution >= 4 is 5.78 Å². The molecule has 3 aromatic carbocycles. The number of carbonyl (C=O) groups excluding carboxylic acids is 1. The molecule has 1 saturated heterocycles. The highest BCUT2D eigenvalue weighted by Crippen LogP contribution is 2.40. The maximum absolute atomic E-state index is 12.8. The third-order valence-corrected chi connectivity index (χ3v) is 6.27. The molecule has 0 unspecified atom stereocenters. The lowest BCUT2D eigenvalue weighted by molar-refractivity contribution is -0.302. The lowest BCUT2D eigenvalue weighted by Gasteiger charge is -2.41. The largest absolute Gasteiger partial charge is 0.493 e. The highest BCUT2D eigenvalue weighted by molar-refractivity contribution is 5.97. The minimum Gasteiger partial charge on any atom is -0.493 e. The summed E-state index contributed by atoms with van der Waals surface area (Å²) in [6, 6.07) is 17.8. The summed E-state index contributed by atoms with van der Waals surface area (Å²) in [6.45, 7) is 3.82. The number of para-hydroxylation sites is 2. The molecule has 0 bridgehead atoms. The monoisotopic (exact) mass is 538 g/mol. The summed E-state index contributed by atoms with van der Waals surface area (Å²) in [4.78, 5) is 12.8. The smallest absolute Gasteiger partial charge is 0.200 e. The lowest BCUT2D eigenvalue weighted by Crippen LogP contribution is -2.46. The fourth-order valence-corrected chi connectivity index (χ4v) is 4.26. The second-order valence-electron chi connectivity index (χ2n) is 9.25. The molecule has 1 aliphatic rings. The molecule has 0 radical (unpaired) electrons. The van der Waals surface area contributed by atoms with Crippen LogP contribution in [0.2, 0.25) is 0 Å². The summed E-state index contributed by atoms with van der Waals surface area (Å²) >= 11 is 0. The summed E-state index contributed by atoms with van der Waals surface area (Å²) in [5.74, 6) is 2.04. The molecule has 2 atom stereocenters. The predicted octanol–water partition coefficient (Wildman–Crippen LogP) is 5.25. The van der Waals surface area contributed by atoms with Gasteiger partial charge in [0.25, 0.3) is 0 Å². The standard InChI is InChI=1S/C30H34O9/c1-30(2)37-18-28(38-25-10-8-7-9-22(25)32-3)29(39-30)20-12-14-24(27(16-20)35-6)36-17-21(31)19-11-13-23(33-4)26(15-19)34-5/h7-16,28-29H,17-18H2,1-6H3/t28-,29+/m1/s1. The van der Waals surface area contributed by atoms with Gasteiger partial charge in [-0.1, -0.05) is 18.2 Å². The molecule has 1 fully saturated rings. The molecule has 0 aliphatic carbocycles. The van der Waals surface area contributed by atoms with Crippen LogP contribution in [0.25, 0.3) is 0 Å². The van der Waals surface area contributed by atoms with Gasteiger partial charge in [0.15, 0.2) is 58.8 Å². The third-order valence-electron chi connectivity index (χ3n) is 6.27. The number of ether oxygens (including phenoxy) is 8. The Balaban J connectivity index is 1.53. The van der Waals surface area contributed by atoms with Crippen molar-refractivity contribution < 1.29 is 42.7 Å². The van der Waals surface area contributed by atoms with Crippen LogP contribution in [0.1, 0.15) is 35.9 Å². The zero-order valence-corrected chi connectivity index (χ0v) is 23.0. The molecule has 0 saturated carbocycles. The Labute approximate surface area is 228 Å². The van der Waals surface area contributed by atoms with E-state index in [4.69, 9.17) is 37.9 Å². The van der Waals surface area contributed by atoms with Crippen LogP contribution in [0.4, 0.5) is 0 Å². The first-order valence-electron chi connectivity index (χ1n) is 12.5. The predicted molar refractivity (Wildman–Crippen MR) is 144 cm³/mol. The molecule has 208 valence electrons. The van der Waals surface area contributed by atoms with Crippen molar-refractivity contribution in [2.75, 3.05) is 41.7 Å². The summed E-state index contributed by atoms with van der Waals surface area (Å²) < 4.78 is 45.9. The van der Waals surface area contributed by atoms with E-state index >= 15 is 0 Å². The molecule has 0 amide bonds. The van der Waals surface area contributed by atoms with E-state index in [-0.39, 0.29) is 12.4 Å². The number of Topliss-reactive ketones (excluding diaryl/α,β-unsaturated/α-hetero) is 1. The van der Waals surface area contributed by atoms with Crippen molar-refractivity contribution in [3.63, 3.8) is 0 Å². The van der Waals surface area contributed by atoms with Crippen molar-refractivity contribution in [2.45, 2.75) is 31.8 Å². The van der Waals surface area contributed by atoms with E-state index in [1.165, 1.54) is 14.2 Å². The van der Waals surface area contributed by atoms with E-state index in [2.05, 4.69) is 0 Å². The van der Waals surface area contributed by atoms with E-state index in [0.717, 1.165) is 5.56 Å². The Morgan fingerprint density at radius 2 is 1.41 bits per heavy atom. The minimum atomic E-state index is -0.820. The zero-order chi connectivity index (χ0) is 28.0. The summed E-state index contributed by atoms with van der Waals surface area (Å²) in [6.07, 6.45) is -0.938. The number of rotatable bonds is 11. The molecule has 1 heterocycles. The first-order valence-corrected chi connectivity index (χ1v) is 12.5. The van der Waals surface area contributed by atoms with Crippen molar-refractivity contribution in [2.24, 2.45) is 0 Å². The Bertz CT molecular complexity index is 1290. The van der Waals surface area contributed by atoms with E-state index in [1.807, 2.05) is 50.2 Å². The van der Waals surface area contributed by atoms with Gasteiger partial charge in [-0.15, -0.1) is 0 Å². The molecule has 9 heteroatoms. The molecule has 0 N–H and O–H groups in total. The Hall–Kier alpha value is -3.95. The van der Waals surface area contributed by atoms with Crippen LogP contribution in [-0.2, 0) is 9.47 Å². The number of ketones is 1. The van der Waals surface area contributed by atoms with Crippen LogP contribution < -0.4 is 28.4 Å². The Kier molecular flexibility index (Phi) is 8.83. The van der Waals surface area contributed by atoms with Crippen molar-refractivity contribution in [3.05, 3.63) is 71.8 Å². The molecule has 3 aromatic rings. The van der Waals surface area contributed by atoms with Gasteiger partial charge in [-0.3, -0.25) is 4.79 Å². The van der Waals surface area contributed by atoms with Crippen molar-refractivity contribution in [1.82, 2.24) is 0 Å². The molecular formula is C30H34O9. The molecule has 0 aromatic heterocycles. The first-order chi connectivity index (χ1) is 18.8. The maximum atomic E-state index is 12.8. The number of hydrogen-bond donors (Lipinski definition) is 0. The minimum absolute atomic E-state index is 0.189. The number of benzene rings is 3. The average molecular weight is 539 g/mol. The van der Waals surface area contributed by atoms with Crippen LogP contribution in [0.5, 0.6) is 34.5 Å². The van der Waals surface area contributed by atoms with Gasteiger partial charge in [0.2, 0.25) is 0 Å². The average Bonchev–Trinajstić information content (AvgIpc) is 2.96. The van der Waals surface area contributed by atoms with Crippen LogP contribution in [-0.4, -0.2) is 59.3 Å². The number of hydrogen-bond acceptors (Lipinski definition) is 9. The summed E-state index contributed by atoms with van der Waals surface area (Å²) in [5, 5.41) is 0. The normalized spacial score (nSPS) is 18.1. The van der Waals surface area contributed by atoms with E-state index < -0.39 is 18.0 Å². The zero-order valence-electron chi connectivity index (χ0n) is 23.0. The molecule has 1 aliphatic heterocycles. The fraction of sp³-hybridized carbons (Fsp3) is 0.367. The van der Waals surface area contributed by atoms with Gasteiger partial charge in [0.1, 0.15) is 6.10 Å². The molecule has 4 rings (SSSR count). The molecular weight excluding hydrogens is 504 g/mol. The van der Waals surface area contributed by atoms with Crippen molar-refractivity contribution in [1.29, 1.82) is 0 Å². The van der Waals surface area contributed by atoms with Crippen LogP contribution in [0.3, 0.4) is 0 Å². The number of methoxy groups -OCH3 is 4. The Morgan fingerprint density at radius 3 is 2.10 bits per heavy atom. The number of carbonyl (C=O) groups is 1. The maximum Gasteiger partial charge on any atom is 0.200 e. The van der Waals surface area contributed by atoms with Crippen LogP contribution in [0, 0.1) is 0 Å². The Morgan fingerprint density at radius 1 is 0.795 bits per heavy atom. The van der Waals surface area contributed by atoms with Gasteiger partial charge in [-0.05, 0) is 61.9 Å². The summed E-state index contributed by atoms with van der Waals surface area (Å²) in [5.41, 5.74) is 1.25. The quantitative estimate of drug-likeness (QED) is 0.304. The van der Waals surface area contributed by atoms with Gasteiger partial charge in [-0.2, -0.15) is 0 Å². The molecule has 9 nitrogen and oxygen atoms in total. The topological polar surface area (TPSA) is 90.9 Å².